The summed E-state index contributed by atoms with van der Waals surface area (Å²) in [7, 11) is 0. The molecule has 6 heteroatoms. The Morgan fingerprint density at radius 2 is 1.39 bits per heavy atom. The lowest BCUT2D eigenvalue weighted by Crippen LogP contribution is -2.49. The van der Waals surface area contributed by atoms with Gasteiger partial charge in [0, 0.05) is 17.0 Å². The van der Waals surface area contributed by atoms with Crippen LogP contribution in [-0.2, 0) is 36.9 Å². The monoisotopic (exact) mass is 518 g/mol. The van der Waals surface area contributed by atoms with Crippen LogP contribution in [0.25, 0.3) is 5.83 Å². The predicted molar refractivity (Wildman–Crippen MR) is 143 cm³/mol. The van der Waals surface area contributed by atoms with Crippen LogP contribution in [0.3, 0.4) is 0 Å². The molecule has 38 heavy (non-hydrogen) atoms. The lowest BCUT2D eigenvalue weighted by Gasteiger charge is -2.42. The summed E-state index contributed by atoms with van der Waals surface area (Å²) in [6, 6.07) is 27.1. The molecule has 5 nitrogen and oxygen atoms in total. The van der Waals surface area contributed by atoms with Crippen LogP contribution in [0.5, 0.6) is 0 Å². The molecule has 0 saturated carbocycles. The van der Waals surface area contributed by atoms with Gasteiger partial charge in [0.05, 0.1) is 32.5 Å². The van der Waals surface area contributed by atoms with Gasteiger partial charge in [-0.2, -0.15) is 0 Å². The van der Waals surface area contributed by atoms with Gasteiger partial charge in [0.25, 0.3) is 0 Å². The fraction of sp³-hybridized carbons (Fsp3) is 0.375. The molecule has 2 fully saturated rings. The summed E-state index contributed by atoms with van der Waals surface area (Å²) < 4.78 is 47.3. The Bertz CT molecular complexity index is 1190. The molecule has 2 aliphatic heterocycles. The molecule has 4 atom stereocenters. The molecule has 0 unspecified atom stereocenters. The fourth-order valence-corrected chi connectivity index (χ4v) is 5.12. The zero-order valence-corrected chi connectivity index (χ0v) is 21.9. The molecule has 0 radical (unpaired) electrons. The van der Waals surface area contributed by atoms with Crippen LogP contribution >= 0.6 is 0 Å². The number of halogens is 1. The number of hydrogen-bond acceptors (Lipinski definition) is 5. The minimum Gasteiger partial charge on any atom is -0.488 e. The van der Waals surface area contributed by atoms with Crippen molar-refractivity contribution in [3.8, 4) is 0 Å². The number of benzene rings is 3. The lowest BCUT2D eigenvalue weighted by atomic mass is 9.87. The van der Waals surface area contributed by atoms with Crippen LogP contribution < -0.4 is 0 Å². The van der Waals surface area contributed by atoms with Crippen LogP contribution in [0.4, 0.5) is 4.39 Å². The van der Waals surface area contributed by atoms with E-state index in [0.717, 1.165) is 11.1 Å². The van der Waals surface area contributed by atoms with Crippen molar-refractivity contribution in [3.63, 3.8) is 0 Å². The average molecular weight is 519 g/mol. The maximum absolute atomic E-state index is 16.6. The topological polar surface area (TPSA) is 46.2 Å². The van der Waals surface area contributed by atoms with E-state index in [4.69, 9.17) is 23.7 Å². The molecule has 0 bridgehead atoms. The zero-order valence-electron chi connectivity index (χ0n) is 21.9. The smallest absolute Gasteiger partial charge is 0.184 e. The Hall–Kier alpha value is -3.03. The Kier molecular flexibility index (Phi) is 8.86. The SMILES string of the molecule is CC[C@H]1OC(=C(F)c2ccccc2C2OCCO2)[C@H](OCc2ccccc2)[C@@H](OCc2ccccc2)[C@@H]1C. The maximum atomic E-state index is 16.6. The third kappa shape index (κ3) is 6.00. The average Bonchev–Trinajstić information content (AvgIpc) is 3.51. The van der Waals surface area contributed by atoms with Crippen molar-refractivity contribution in [1.82, 2.24) is 0 Å². The van der Waals surface area contributed by atoms with Crippen LogP contribution in [0.2, 0.25) is 0 Å². The van der Waals surface area contributed by atoms with Crippen molar-refractivity contribution < 1.29 is 28.1 Å². The third-order valence-corrected chi connectivity index (χ3v) is 7.19. The molecule has 2 saturated heterocycles. The molecule has 0 N–H and O–H groups in total. The number of hydrogen-bond donors (Lipinski definition) is 0. The van der Waals surface area contributed by atoms with Crippen molar-refractivity contribution in [2.75, 3.05) is 13.2 Å². The van der Waals surface area contributed by atoms with Gasteiger partial charge < -0.3 is 23.7 Å². The molecule has 2 heterocycles. The van der Waals surface area contributed by atoms with E-state index >= 15 is 4.39 Å². The molecular formula is C32H35FO5. The van der Waals surface area contributed by atoms with Gasteiger partial charge >= 0.3 is 0 Å². The first-order chi connectivity index (χ1) is 18.7. The van der Waals surface area contributed by atoms with Crippen LogP contribution in [-0.4, -0.2) is 31.5 Å². The highest BCUT2D eigenvalue weighted by atomic mass is 19.1. The van der Waals surface area contributed by atoms with Crippen molar-refractivity contribution in [2.45, 2.75) is 58.1 Å². The normalized spacial score (nSPS) is 25.2. The van der Waals surface area contributed by atoms with Crippen LogP contribution in [0, 0.1) is 5.92 Å². The maximum Gasteiger partial charge on any atom is 0.184 e. The molecule has 0 amide bonds. The highest BCUT2D eigenvalue weighted by Crippen LogP contribution is 2.41. The van der Waals surface area contributed by atoms with Crippen LogP contribution in [0.1, 0.15) is 48.8 Å². The second kappa shape index (κ2) is 12.7. The summed E-state index contributed by atoms with van der Waals surface area (Å²) in [5, 5.41) is 0. The lowest BCUT2D eigenvalue weighted by molar-refractivity contribution is -0.167. The van der Waals surface area contributed by atoms with Crippen molar-refractivity contribution in [1.29, 1.82) is 0 Å². The van der Waals surface area contributed by atoms with Crippen molar-refractivity contribution >= 4 is 5.83 Å². The molecule has 2 aliphatic rings. The van der Waals surface area contributed by atoms with Gasteiger partial charge in [-0.3, -0.25) is 0 Å². The third-order valence-electron chi connectivity index (χ3n) is 7.19. The summed E-state index contributed by atoms with van der Waals surface area (Å²) >= 11 is 0. The highest BCUT2D eigenvalue weighted by Gasteiger charge is 2.44. The minimum absolute atomic E-state index is 0.0159. The Morgan fingerprint density at radius 1 is 0.816 bits per heavy atom. The molecule has 3 aromatic carbocycles. The van der Waals surface area contributed by atoms with E-state index in [9.17, 15) is 0 Å². The Labute approximate surface area is 224 Å². The molecule has 0 spiro atoms. The van der Waals surface area contributed by atoms with Crippen molar-refractivity contribution in [2.24, 2.45) is 5.92 Å². The van der Waals surface area contributed by atoms with Gasteiger partial charge in [-0.25, -0.2) is 4.39 Å². The highest BCUT2D eigenvalue weighted by molar-refractivity contribution is 5.65. The van der Waals surface area contributed by atoms with Gasteiger partial charge in [0.2, 0.25) is 0 Å². The summed E-state index contributed by atoms with van der Waals surface area (Å²) in [6.07, 6.45) is -1.28. The van der Waals surface area contributed by atoms with E-state index in [0.29, 0.717) is 44.0 Å². The summed E-state index contributed by atoms with van der Waals surface area (Å²) in [5.41, 5.74) is 3.06. The molecule has 3 aromatic rings. The first-order valence-corrected chi connectivity index (χ1v) is 13.4. The van der Waals surface area contributed by atoms with E-state index in [-0.39, 0.29) is 17.8 Å². The van der Waals surface area contributed by atoms with E-state index in [1.54, 1.807) is 12.1 Å². The van der Waals surface area contributed by atoms with Crippen LogP contribution in [0.15, 0.2) is 90.7 Å². The predicted octanol–water partition coefficient (Wildman–Crippen LogP) is 6.99. The standard InChI is InChI=1S/C32H35FO5/c1-3-27-22(2)29(36-20-23-12-6-4-7-13-23)31(37-21-24-14-8-5-9-15-24)30(38-27)28(33)25-16-10-11-17-26(25)32-34-18-19-35-32/h4-17,22,27,29,31-32H,3,18-21H2,1-2H3/t22-,27-,29+,31-/m1/s1. The van der Waals surface area contributed by atoms with Gasteiger partial charge in [-0.15, -0.1) is 0 Å². The fourth-order valence-electron chi connectivity index (χ4n) is 5.12. The second-order valence-corrected chi connectivity index (χ2v) is 9.74. The molecule has 0 aliphatic carbocycles. The zero-order chi connectivity index (χ0) is 26.3. The van der Waals surface area contributed by atoms with E-state index < -0.39 is 24.3 Å². The van der Waals surface area contributed by atoms with E-state index in [1.807, 2.05) is 79.7 Å². The molecular weight excluding hydrogens is 483 g/mol. The minimum atomic E-state index is -0.741. The Morgan fingerprint density at radius 3 is 2.03 bits per heavy atom. The van der Waals surface area contributed by atoms with Gasteiger partial charge in [0.1, 0.15) is 12.2 Å². The van der Waals surface area contributed by atoms with Gasteiger partial charge in [0.15, 0.2) is 17.9 Å². The van der Waals surface area contributed by atoms with E-state index in [1.165, 1.54) is 0 Å². The largest absolute Gasteiger partial charge is 0.488 e. The van der Waals surface area contributed by atoms with E-state index in [2.05, 4.69) is 6.92 Å². The molecule has 200 valence electrons. The number of ether oxygens (including phenoxy) is 5. The first-order valence-electron chi connectivity index (χ1n) is 13.4. The molecule has 0 aromatic heterocycles. The summed E-state index contributed by atoms with van der Waals surface area (Å²) in [5.74, 6) is -0.330. The second-order valence-electron chi connectivity index (χ2n) is 9.74. The summed E-state index contributed by atoms with van der Waals surface area (Å²) in [6.45, 7) is 5.78. The van der Waals surface area contributed by atoms with Crippen molar-refractivity contribution in [3.05, 3.63) is 113 Å². The quantitative estimate of drug-likeness (QED) is 0.306. The summed E-state index contributed by atoms with van der Waals surface area (Å²) in [4.78, 5) is 0. The first kappa shape index (κ1) is 26.6. The van der Waals surface area contributed by atoms with Gasteiger partial charge in [-0.1, -0.05) is 98.8 Å². The van der Waals surface area contributed by atoms with Gasteiger partial charge in [-0.05, 0) is 17.5 Å². The number of rotatable bonds is 9. The molecule has 5 rings (SSSR count). The Balaban J connectivity index is 1.52.